The molecule has 208 valence electrons. The Labute approximate surface area is 225 Å². The predicted octanol–water partition coefficient (Wildman–Crippen LogP) is 3.89. The van der Waals surface area contributed by atoms with Crippen LogP contribution in [-0.4, -0.2) is 75.9 Å². The number of likely N-dealkylation sites (N-methyl/N-ethyl adjacent to an activating group) is 1. The first-order valence-corrected chi connectivity index (χ1v) is 13.9. The van der Waals surface area contributed by atoms with Crippen molar-refractivity contribution in [2.75, 3.05) is 53.0 Å². The van der Waals surface area contributed by atoms with E-state index < -0.39 is 11.9 Å². The van der Waals surface area contributed by atoms with Gasteiger partial charge in [0.25, 0.3) is 0 Å². The van der Waals surface area contributed by atoms with Gasteiger partial charge in [0.1, 0.15) is 5.82 Å². The second-order valence-corrected chi connectivity index (χ2v) is 10.5. The minimum Gasteiger partial charge on any atom is -0.381 e. The van der Waals surface area contributed by atoms with Crippen molar-refractivity contribution in [3.05, 3.63) is 34.6 Å². The van der Waals surface area contributed by atoms with E-state index in [1.165, 1.54) is 12.1 Å². The number of piperidine rings is 1. The number of ether oxygens (including phenoxy) is 2. The summed E-state index contributed by atoms with van der Waals surface area (Å²) in [5.41, 5.74) is 0.643. The summed E-state index contributed by atoms with van der Waals surface area (Å²) in [5, 5.41) is 9.52. The van der Waals surface area contributed by atoms with Crippen LogP contribution in [0.2, 0.25) is 5.02 Å². The van der Waals surface area contributed by atoms with E-state index in [1.54, 1.807) is 13.0 Å². The molecule has 2 heterocycles. The molecule has 0 aromatic heterocycles. The fourth-order valence-corrected chi connectivity index (χ4v) is 5.52. The van der Waals surface area contributed by atoms with E-state index in [0.717, 1.165) is 45.3 Å². The lowest BCUT2D eigenvalue weighted by atomic mass is 9.88. The molecular formula is C27H42ClFN4O4. The first-order chi connectivity index (χ1) is 17.9. The number of carbonyl (C=O) groups is 2. The summed E-state index contributed by atoms with van der Waals surface area (Å²) in [4.78, 5) is 26.7. The van der Waals surface area contributed by atoms with Crippen LogP contribution >= 0.6 is 11.6 Å². The normalized spacial score (nSPS) is 21.8. The predicted molar refractivity (Wildman–Crippen MR) is 142 cm³/mol. The summed E-state index contributed by atoms with van der Waals surface area (Å²) in [6, 6.07) is 4.35. The summed E-state index contributed by atoms with van der Waals surface area (Å²) >= 11 is 6.16. The Morgan fingerprint density at radius 1 is 1.27 bits per heavy atom. The quantitative estimate of drug-likeness (QED) is 0.350. The van der Waals surface area contributed by atoms with Gasteiger partial charge in [0.2, 0.25) is 5.91 Å². The number of urea groups is 1. The van der Waals surface area contributed by atoms with Gasteiger partial charge in [-0.25, -0.2) is 9.18 Å². The Morgan fingerprint density at radius 2 is 2.11 bits per heavy atom. The SMILES string of the molecule is CCC(=O)NCCO[C@@H](c1cc(F)cc(Cl)c1)[C@@H]1CCCN(C(=O)N[C@H](CNC)C[C@H]2CCCOC2)C1. The van der Waals surface area contributed by atoms with E-state index in [9.17, 15) is 14.0 Å². The summed E-state index contributed by atoms with van der Waals surface area (Å²) in [6.07, 6.45) is 4.67. The third-order valence-electron chi connectivity index (χ3n) is 7.08. The number of rotatable bonds is 12. The van der Waals surface area contributed by atoms with Crippen molar-refractivity contribution in [2.24, 2.45) is 11.8 Å². The molecule has 3 rings (SSSR count). The summed E-state index contributed by atoms with van der Waals surface area (Å²) in [6.45, 7) is 5.83. The van der Waals surface area contributed by atoms with Gasteiger partial charge in [-0.15, -0.1) is 0 Å². The number of halogens is 2. The highest BCUT2D eigenvalue weighted by Gasteiger charge is 2.32. The second kappa shape index (κ2) is 15.5. The topological polar surface area (TPSA) is 91.9 Å². The molecule has 10 heteroatoms. The summed E-state index contributed by atoms with van der Waals surface area (Å²) in [7, 11) is 1.89. The lowest BCUT2D eigenvalue weighted by molar-refractivity contribution is -0.121. The number of amides is 3. The molecule has 0 radical (unpaired) electrons. The number of hydrogen-bond donors (Lipinski definition) is 3. The van der Waals surface area contributed by atoms with Crippen molar-refractivity contribution in [1.82, 2.24) is 20.9 Å². The van der Waals surface area contributed by atoms with Crippen LogP contribution in [0, 0.1) is 17.7 Å². The highest BCUT2D eigenvalue weighted by atomic mass is 35.5. The zero-order chi connectivity index (χ0) is 26.6. The molecule has 0 aliphatic carbocycles. The van der Waals surface area contributed by atoms with E-state index in [1.807, 2.05) is 11.9 Å². The minimum atomic E-state index is -0.449. The zero-order valence-electron chi connectivity index (χ0n) is 22.1. The molecule has 2 aliphatic heterocycles. The number of likely N-dealkylation sites (tertiary alicyclic amines) is 1. The van der Waals surface area contributed by atoms with Crippen LogP contribution in [0.4, 0.5) is 9.18 Å². The van der Waals surface area contributed by atoms with Gasteiger partial charge in [0.05, 0.1) is 12.7 Å². The molecule has 1 aromatic carbocycles. The highest BCUT2D eigenvalue weighted by molar-refractivity contribution is 6.30. The molecule has 0 spiro atoms. The second-order valence-electron chi connectivity index (χ2n) is 10.1. The Hall–Kier alpha value is -1.94. The van der Waals surface area contributed by atoms with Crippen LogP contribution in [0.1, 0.15) is 57.1 Å². The standard InChI is InChI=1S/C27H42ClFN4O4/c1-3-25(34)31-8-11-37-26(21-13-22(28)15-23(29)14-21)20-7-4-9-33(17-20)27(35)32-24(16-30-2)12-19-6-5-10-36-18-19/h13-15,19-20,24,26,30H,3-12,16-18H2,1-2H3,(H,31,34)(H,32,35)/t19-,20-,24+,26-/m1/s1. The van der Waals surface area contributed by atoms with Crippen LogP contribution in [0.3, 0.4) is 0 Å². The molecule has 0 bridgehead atoms. The largest absolute Gasteiger partial charge is 0.381 e. The van der Waals surface area contributed by atoms with E-state index in [-0.39, 0.29) is 30.5 Å². The average molecular weight is 541 g/mol. The number of benzene rings is 1. The number of carbonyl (C=O) groups excluding carboxylic acids is 2. The van der Waals surface area contributed by atoms with Gasteiger partial charge in [0, 0.05) is 62.8 Å². The van der Waals surface area contributed by atoms with Crippen LogP contribution in [-0.2, 0) is 14.3 Å². The first-order valence-electron chi connectivity index (χ1n) is 13.5. The highest BCUT2D eigenvalue weighted by Crippen LogP contribution is 2.34. The molecule has 2 aliphatic rings. The molecular weight excluding hydrogens is 499 g/mol. The minimum absolute atomic E-state index is 0.0147. The van der Waals surface area contributed by atoms with E-state index >= 15 is 0 Å². The maximum Gasteiger partial charge on any atom is 0.317 e. The third kappa shape index (κ3) is 9.71. The molecule has 3 N–H and O–H groups in total. The van der Waals surface area contributed by atoms with Gasteiger partial charge in [-0.2, -0.15) is 0 Å². The molecule has 4 atom stereocenters. The van der Waals surface area contributed by atoms with Crippen molar-refractivity contribution in [2.45, 2.75) is 57.6 Å². The average Bonchev–Trinajstić information content (AvgIpc) is 2.88. The van der Waals surface area contributed by atoms with Gasteiger partial charge in [0.15, 0.2) is 0 Å². The van der Waals surface area contributed by atoms with Crippen LogP contribution in [0.5, 0.6) is 0 Å². The maximum absolute atomic E-state index is 14.2. The summed E-state index contributed by atoms with van der Waals surface area (Å²) < 4.78 is 26.0. The molecule has 3 amide bonds. The van der Waals surface area contributed by atoms with Crippen molar-refractivity contribution in [1.29, 1.82) is 0 Å². The molecule has 0 saturated carbocycles. The van der Waals surface area contributed by atoms with Crippen molar-refractivity contribution in [3.8, 4) is 0 Å². The van der Waals surface area contributed by atoms with Crippen LogP contribution < -0.4 is 16.0 Å². The fourth-order valence-electron chi connectivity index (χ4n) is 5.29. The maximum atomic E-state index is 14.2. The van der Waals surface area contributed by atoms with Gasteiger partial charge in [-0.05, 0) is 68.8 Å². The Balaban J connectivity index is 1.65. The molecule has 2 saturated heterocycles. The lowest BCUT2D eigenvalue weighted by Gasteiger charge is -2.38. The smallest absolute Gasteiger partial charge is 0.317 e. The monoisotopic (exact) mass is 540 g/mol. The summed E-state index contributed by atoms with van der Waals surface area (Å²) in [5.74, 6) is -0.0632. The molecule has 8 nitrogen and oxygen atoms in total. The Kier molecular flexibility index (Phi) is 12.4. The number of nitrogens with zero attached hydrogens (tertiary/aromatic N) is 1. The molecule has 2 fully saturated rings. The molecule has 1 aromatic rings. The van der Waals surface area contributed by atoms with Gasteiger partial charge >= 0.3 is 6.03 Å². The van der Waals surface area contributed by atoms with E-state index in [2.05, 4.69) is 16.0 Å². The van der Waals surface area contributed by atoms with Gasteiger partial charge in [-0.1, -0.05) is 18.5 Å². The van der Waals surface area contributed by atoms with Crippen molar-refractivity contribution >= 4 is 23.5 Å². The molecule has 0 unspecified atom stereocenters. The van der Waals surface area contributed by atoms with Crippen molar-refractivity contribution < 1.29 is 23.5 Å². The Morgan fingerprint density at radius 3 is 2.81 bits per heavy atom. The van der Waals surface area contributed by atoms with Crippen molar-refractivity contribution in [3.63, 3.8) is 0 Å². The zero-order valence-corrected chi connectivity index (χ0v) is 22.8. The Bertz CT molecular complexity index is 851. The first kappa shape index (κ1) is 29.6. The van der Waals surface area contributed by atoms with E-state index in [0.29, 0.717) is 49.1 Å². The van der Waals surface area contributed by atoms with Gasteiger partial charge in [-0.3, -0.25) is 4.79 Å². The lowest BCUT2D eigenvalue weighted by Crippen LogP contribution is -2.52. The van der Waals surface area contributed by atoms with Gasteiger partial charge < -0.3 is 30.3 Å². The van der Waals surface area contributed by atoms with E-state index in [4.69, 9.17) is 21.1 Å². The third-order valence-corrected chi connectivity index (χ3v) is 7.30. The van der Waals surface area contributed by atoms with Crippen LogP contribution in [0.25, 0.3) is 0 Å². The molecule has 37 heavy (non-hydrogen) atoms. The number of nitrogens with one attached hydrogen (secondary N) is 3. The fraction of sp³-hybridized carbons (Fsp3) is 0.704. The van der Waals surface area contributed by atoms with Crippen LogP contribution in [0.15, 0.2) is 18.2 Å². The number of hydrogen-bond acceptors (Lipinski definition) is 5.